The summed E-state index contributed by atoms with van der Waals surface area (Å²) in [6, 6.07) is 3.21. The number of amides is 1. The Hall–Kier alpha value is -1.66. The van der Waals surface area contributed by atoms with Gasteiger partial charge in [0.05, 0.1) is 17.8 Å². The van der Waals surface area contributed by atoms with Crippen LogP contribution in [0, 0.1) is 0 Å². The lowest BCUT2D eigenvalue weighted by atomic mass is 10.2. The SMILES string of the molecule is NC(=O)c1ccc(N2CC(O)C(O)C2)nc1. The van der Waals surface area contributed by atoms with Crippen LogP contribution in [0.3, 0.4) is 0 Å². The number of aromatic nitrogens is 1. The summed E-state index contributed by atoms with van der Waals surface area (Å²) < 4.78 is 0. The summed E-state index contributed by atoms with van der Waals surface area (Å²) in [7, 11) is 0. The number of aliphatic hydroxyl groups excluding tert-OH is 2. The largest absolute Gasteiger partial charge is 0.389 e. The van der Waals surface area contributed by atoms with E-state index >= 15 is 0 Å². The van der Waals surface area contributed by atoms with Gasteiger partial charge < -0.3 is 20.8 Å². The van der Waals surface area contributed by atoms with Crippen molar-refractivity contribution in [2.45, 2.75) is 12.2 Å². The van der Waals surface area contributed by atoms with E-state index in [0.29, 0.717) is 24.5 Å². The molecule has 2 unspecified atom stereocenters. The zero-order valence-electron chi connectivity index (χ0n) is 8.58. The first-order valence-electron chi connectivity index (χ1n) is 4.95. The number of anilines is 1. The standard InChI is InChI=1S/C10H13N3O3/c11-10(16)6-1-2-9(12-3-6)13-4-7(14)8(15)5-13/h1-3,7-8,14-15H,4-5H2,(H2,11,16). The highest BCUT2D eigenvalue weighted by atomic mass is 16.3. The van der Waals surface area contributed by atoms with Gasteiger partial charge in [0.25, 0.3) is 0 Å². The average Bonchev–Trinajstić information content (AvgIpc) is 2.59. The number of nitrogens with zero attached hydrogens (tertiary/aromatic N) is 2. The summed E-state index contributed by atoms with van der Waals surface area (Å²) in [4.78, 5) is 16.6. The van der Waals surface area contributed by atoms with Gasteiger partial charge in [0, 0.05) is 19.3 Å². The van der Waals surface area contributed by atoms with E-state index in [1.54, 1.807) is 17.0 Å². The highest BCUT2D eigenvalue weighted by Gasteiger charge is 2.30. The summed E-state index contributed by atoms with van der Waals surface area (Å²) in [5.41, 5.74) is 5.43. The summed E-state index contributed by atoms with van der Waals surface area (Å²) in [5.74, 6) is 0.0844. The highest BCUT2D eigenvalue weighted by molar-refractivity contribution is 5.92. The monoisotopic (exact) mass is 223 g/mol. The van der Waals surface area contributed by atoms with Gasteiger partial charge >= 0.3 is 0 Å². The maximum absolute atomic E-state index is 10.8. The van der Waals surface area contributed by atoms with Crippen molar-refractivity contribution in [1.29, 1.82) is 0 Å². The first-order chi connectivity index (χ1) is 7.58. The Balaban J connectivity index is 2.14. The molecule has 2 atom stereocenters. The Morgan fingerprint density at radius 2 is 2.00 bits per heavy atom. The minimum absolute atomic E-state index is 0.337. The van der Waals surface area contributed by atoms with E-state index in [2.05, 4.69) is 4.98 Å². The first kappa shape index (κ1) is 10.8. The molecule has 0 spiro atoms. The Kier molecular flexibility index (Phi) is 2.76. The molecule has 86 valence electrons. The van der Waals surface area contributed by atoms with Crippen molar-refractivity contribution in [1.82, 2.24) is 4.98 Å². The van der Waals surface area contributed by atoms with Crippen molar-refractivity contribution in [3.63, 3.8) is 0 Å². The fraction of sp³-hybridized carbons (Fsp3) is 0.400. The number of primary amides is 1. The van der Waals surface area contributed by atoms with Gasteiger partial charge in [-0.15, -0.1) is 0 Å². The maximum Gasteiger partial charge on any atom is 0.250 e. The van der Waals surface area contributed by atoms with Crippen LogP contribution in [0.1, 0.15) is 10.4 Å². The third-order valence-corrected chi connectivity index (χ3v) is 2.62. The van der Waals surface area contributed by atoms with Gasteiger partial charge in [-0.3, -0.25) is 4.79 Å². The van der Waals surface area contributed by atoms with Crippen LogP contribution in [-0.2, 0) is 0 Å². The van der Waals surface area contributed by atoms with Crippen LogP contribution in [0.2, 0.25) is 0 Å². The van der Waals surface area contributed by atoms with Crippen molar-refractivity contribution in [2.24, 2.45) is 5.73 Å². The number of carbonyl (C=O) groups is 1. The Labute approximate surface area is 92.3 Å². The van der Waals surface area contributed by atoms with Crippen LogP contribution in [0.25, 0.3) is 0 Å². The second-order valence-electron chi connectivity index (χ2n) is 3.81. The Morgan fingerprint density at radius 3 is 2.44 bits per heavy atom. The number of nitrogens with two attached hydrogens (primary N) is 1. The second-order valence-corrected chi connectivity index (χ2v) is 3.81. The van der Waals surface area contributed by atoms with E-state index in [1.165, 1.54) is 6.20 Å². The lowest BCUT2D eigenvalue weighted by Crippen LogP contribution is -2.22. The smallest absolute Gasteiger partial charge is 0.250 e. The fourth-order valence-electron chi connectivity index (χ4n) is 1.68. The Morgan fingerprint density at radius 1 is 1.38 bits per heavy atom. The van der Waals surface area contributed by atoms with Gasteiger partial charge in [-0.1, -0.05) is 0 Å². The number of carbonyl (C=O) groups excluding carboxylic acids is 1. The molecule has 1 saturated heterocycles. The number of rotatable bonds is 2. The van der Waals surface area contributed by atoms with E-state index in [9.17, 15) is 15.0 Å². The molecule has 0 aromatic carbocycles. The van der Waals surface area contributed by atoms with E-state index in [0.717, 1.165) is 0 Å². The molecule has 6 heteroatoms. The zero-order valence-corrected chi connectivity index (χ0v) is 8.58. The lowest BCUT2D eigenvalue weighted by Gasteiger charge is -2.15. The third-order valence-electron chi connectivity index (χ3n) is 2.62. The van der Waals surface area contributed by atoms with E-state index < -0.39 is 18.1 Å². The number of hydrogen-bond donors (Lipinski definition) is 3. The third kappa shape index (κ3) is 1.98. The predicted molar refractivity (Wildman–Crippen MR) is 57.0 cm³/mol. The quantitative estimate of drug-likeness (QED) is 0.580. The van der Waals surface area contributed by atoms with Crippen molar-refractivity contribution < 1.29 is 15.0 Å². The maximum atomic E-state index is 10.8. The molecule has 2 heterocycles. The second kappa shape index (κ2) is 4.07. The topological polar surface area (TPSA) is 99.7 Å². The van der Waals surface area contributed by atoms with E-state index in [-0.39, 0.29) is 0 Å². The molecular formula is C10H13N3O3. The van der Waals surface area contributed by atoms with Crippen LogP contribution in [0.4, 0.5) is 5.82 Å². The van der Waals surface area contributed by atoms with E-state index in [1.807, 2.05) is 0 Å². The summed E-state index contributed by atoms with van der Waals surface area (Å²) in [6.45, 7) is 0.675. The normalized spacial score (nSPS) is 24.8. The van der Waals surface area contributed by atoms with Crippen LogP contribution < -0.4 is 10.6 Å². The molecule has 1 amide bonds. The fourth-order valence-corrected chi connectivity index (χ4v) is 1.68. The van der Waals surface area contributed by atoms with Crippen molar-refractivity contribution in [2.75, 3.05) is 18.0 Å². The van der Waals surface area contributed by atoms with Crippen LogP contribution in [0.5, 0.6) is 0 Å². The molecule has 1 aliphatic heterocycles. The molecule has 1 aliphatic rings. The molecule has 0 radical (unpaired) electrons. The number of aliphatic hydroxyl groups is 2. The molecule has 16 heavy (non-hydrogen) atoms. The molecule has 0 saturated carbocycles. The molecule has 6 nitrogen and oxygen atoms in total. The van der Waals surface area contributed by atoms with Crippen molar-refractivity contribution >= 4 is 11.7 Å². The van der Waals surface area contributed by atoms with Gasteiger partial charge in [0.15, 0.2) is 0 Å². The van der Waals surface area contributed by atoms with Gasteiger partial charge in [-0.2, -0.15) is 0 Å². The summed E-state index contributed by atoms with van der Waals surface area (Å²) >= 11 is 0. The van der Waals surface area contributed by atoms with Gasteiger partial charge in [0.1, 0.15) is 5.82 Å². The van der Waals surface area contributed by atoms with Gasteiger partial charge in [-0.25, -0.2) is 4.98 Å². The minimum atomic E-state index is -0.752. The van der Waals surface area contributed by atoms with Crippen molar-refractivity contribution in [3.8, 4) is 0 Å². The van der Waals surface area contributed by atoms with Crippen LogP contribution in [-0.4, -0.2) is 46.4 Å². The molecule has 0 aliphatic carbocycles. The zero-order chi connectivity index (χ0) is 11.7. The van der Waals surface area contributed by atoms with Gasteiger partial charge in [-0.05, 0) is 12.1 Å². The van der Waals surface area contributed by atoms with Crippen LogP contribution in [0.15, 0.2) is 18.3 Å². The number of pyridine rings is 1. The van der Waals surface area contributed by atoms with E-state index in [4.69, 9.17) is 5.73 Å². The van der Waals surface area contributed by atoms with Crippen LogP contribution >= 0.6 is 0 Å². The highest BCUT2D eigenvalue weighted by Crippen LogP contribution is 2.18. The molecule has 1 aromatic heterocycles. The number of hydrogen-bond acceptors (Lipinski definition) is 5. The summed E-state index contributed by atoms with van der Waals surface area (Å²) in [5, 5.41) is 18.8. The first-order valence-corrected chi connectivity index (χ1v) is 4.95. The summed E-state index contributed by atoms with van der Waals surface area (Å²) in [6.07, 6.45) is -0.121. The Bertz CT molecular complexity index is 383. The molecule has 0 bridgehead atoms. The molecule has 1 fully saturated rings. The lowest BCUT2D eigenvalue weighted by molar-refractivity contribution is 0.0572. The molecule has 1 aromatic rings. The van der Waals surface area contributed by atoms with Crippen molar-refractivity contribution in [3.05, 3.63) is 23.9 Å². The predicted octanol–water partition coefficient (Wildman–Crippen LogP) is -1.28. The minimum Gasteiger partial charge on any atom is -0.389 e. The van der Waals surface area contributed by atoms with Gasteiger partial charge in [0.2, 0.25) is 5.91 Å². The molecular weight excluding hydrogens is 210 g/mol. The molecule has 2 rings (SSSR count). The molecule has 4 N–H and O–H groups in total. The average molecular weight is 223 g/mol. The number of β-amino-alcohol motifs (C(OH)–C–C–N with tert-alkyl or cyclic N) is 2.